The molecule has 0 radical (unpaired) electrons. The molecule has 0 fully saturated rings. The molecule has 0 aliphatic carbocycles. The lowest BCUT2D eigenvalue weighted by Gasteiger charge is -2.17. The van der Waals surface area contributed by atoms with Crippen molar-refractivity contribution >= 4 is 33.5 Å². The lowest BCUT2D eigenvalue weighted by Crippen LogP contribution is -2.21. The van der Waals surface area contributed by atoms with Crippen molar-refractivity contribution < 1.29 is 14.3 Å². The molecule has 0 unspecified atom stereocenters. The van der Waals surface area contributed by atoms with Crippen LogP contribution in [0.3, 0.4) is 0 Å². The second kappa shape index (κ2) is 8.28. The van der Waals surface area contributed by atoms with Gasteiger partial charge in [-0.15, -0.1) is 11.3 Å². The predicted molar refractivity (Wildman–Crippen MR) is 96.3 cm³/mol. The molecule has 0 saturated carbocycles. The van der Waals surface area contributed by atoms with Crippen molar-refractivity contribution in [2.45, 2.75) is 65.3 Å². The van der Waals surface area contributed by atoms with E-state index in [1.807, 2.05) is 0 Å². The van der Waals surface area contributed by atoms with Crippen LogP contribution in [0.1, 0.15) is 67.6 Å². The number of aromatic carboxylic acids is 1. The Morgan fingerprint density at radius 3 is 2.46 bits per heavy atom. The molecule has 2 aromatic rings. The molecule has 24 heavy (non-hydrogen) atoms. The number of carbonyl (C=O) groups is 1. The van der Waals surface area contributed by atoms with E-state index in [2.05, 4.69) is 24.1 Å². The molecule has 132 valence electrons. The summed E-state index contributed by atoms with van der Waals surface area (Å²) >= 11 is 1.01. The largest absolute Gasteiger partial charge is 0.477 e. The van der Waals surface area contributed by atoms with Crippen LogP contribution in [0.4, 0.5) is 6.01 Å². The molecular formula is C17H24N2O4S. The van der Waals surface area contributed by atoms with Crippen LogP contribution in [-0.4, -0.2) is 22.1 Å². The van der Waals surface area contributed by atoms with Crippen molar-refractivity contribution in [3.63, 3.8) is 0 Å². The van der Waals surface area contributed by atoms with Gasteiger partial charge in [-0.05, 0) is 25.3 Å². The molecule has 0 aliphatic rings. The van der Waals surface area contributed by atoms with E-state index < -0.39 is 11.6 Å². The van der Waals surface area contributed by atoms with Crippen LogP contribution < -0.4 is 10.9 Å². The van der Waals surface area contributed by atoms with Gasteiger partial charge in [0, 0.05) is 6.04 Å². The molecular weight excluding hydrogens is 328 g/mol. The number of carboxylic acids is 1. The summed E-state index contributed by atoms with van der Waals surface area (Å²) in [5.41, 5.74) is -0.114. The highest BCUT2D eigenvalue weighted by Gasteiger charge is 2.20. The van der Waals surface area contributed by atoms with Gasteiger partial charge in [0.15, 0.2) is 0 Å². The zero-order valence-corrected chi connectivity index (χ0v) is 15.2. The summed E-state index contributed by atoms with van der Waals surface area (Å²) in [6.07, 6.45) is 6.37. The van der Waals surface area contributed by atoms with Gasteiger partial charge in [0.1, 0.15) is 15.1 Å². The van der Waals surface area contributed by atoms with Gasteiger partial charge in [-0.1, -0.05) is 39.5 Å². The quantitative estimate of drug-likeness (QED) is 0.694. The molecule has 2 rings (SSSR count). The monoisotopic (exact) mass is 352 g/mol. The highest BCUT2D eigenvalue weighted by atomic mass is 32.1. The highest BCUT2D eigenvalue weighted by molar-refractivity contribution is 7.20. The zero-order valence-electron chi connectivity index (χ0n) is 14.3. The van der Waals surface area contributed by atoms with Crippen LogP contribution in [0.25, 0.3) is 10.2 Å². The van der Waals surface area contributed by atoms with E-state index in [4.69, 9.17) is 4.42 Å². The summed E-state index contributed by atoms with van der Waals surface area (Å²) in [7, 11) is 0. The van der Waals surface area contributed by atoms with E-state index in [9.17, 15) is 14.7 Å². The van der Waals surface area contributed by atoms with Gasteiger partial charge in [0.2, 0.25) is 0 Å². The Morgan fingerprint density at radius 2 is 1.92 bits per heavy atom. The third kappa shape index (κ3) is 4.14. The molecule has 2 heterocycles. The third-order valence-electron chi connectivity index (χ3n) is 4.06. The van der Waals surface area contributed by atoms with Gasteiger partial charge in [-0.25, -0.2) is 9.59 Å². The predicted octanol–water partition coefficient (Wildman–Crippen LogP) is 4.42. The summed E-state index contributed by atoms with van der Waals surface area (Å²) in [6, 6.07) is 0.390. The van der Waals surface area contributed by atoms with E-state index >= 15 is 0 Å². The normalized spacial score (nSPS) is 11.3. The Hall–Kier alpha value is -1.89. The van der Waals surface area contributed by atoms with Crippen LogP contribution in [0.15, 0.2) is 9.21 Å². The Morgan fingerprint density at radius 1 is 1.29 bits per heavy atom. The van der Waals surface area contributed by atoms with E-state index in [0.29, 0.717) is 10.4 Å². The summed E-state index contributed by atoms with van der Waals surface area (Å²) in [4.78, 5) is 28.3. The van der Waals surface area contributed by atoms with Crippen LogP contribution in [-0.2, 0) is 0 Å². The van der Waals surface area contributed by atoms with Gasteiger partial charge in [0.25, 0.3) is 6.01 Å². The minimum absolute atomic E-state index is 0.135. The van der Waals surface area contributed by atoms with Crippen LogP contribution in [0.2, 0.25) is 0 Å². The fraction of sp³-hybridized carbons (Fsp3) is 0.588. The maximum absolute atomic E-state index is 12.2. The molecule has 0 bridgehead atoms. The minimum atomic E-state index is -1.05. The smallest absolute Gasteiger partial charge is 0.349 e. The molecule has 7 heteroatoms. The SMILES string of the molecule is CCCCC(CCCC)Nc1nc2sc(C(=O)O)c(C)c2c(=O)o1. The Labute approximate surface area is 144 Å². The lowest BCUT2D eigenvalue weighted by atomic mass is 10.0. The average Bonchev–Trinajstić information content (AvgIpc) is 2.87. The number of aromatic nitrogens is 1. The van der Waals surface area contributed by atoms with Crippen LogP contribution in [0.5, 0.6) is 0 Å². The molecule has 0 aliphatic heterocycles. The Kier molecular flexibility index (Phi) is 6.36. The molecule has 2 N–H and O–H groups in total. The first-order valence-electron chi connectivity index (χ1n) is 8.41. The topological polar surface area (TPSA) is 92.4 Å². The summed E-state index contributed by atoms with van der Waals surface area (Å²) in [5, 5.41) is 12.7. The first kappa shape index (κ1) is 18.4. The number of unbranched alkanes of at least 4 members (excludes halogenated alkanes) is 2. The molecule has 0 spiro atoms. The fourth-order valence-electron chi connectivity index (χ4n) is 2.70. The van der Waals surface area contributed by atoms with Gasteiger partial charge in [0.05, 0.1) is 0 Å². The first-order valence-corrected chi connectivity index (χ1v) is 9.23. The van der Waals surface area contributed by atoms with Crippen molar-refractivity contribution in [1.82, 2.24) is 4.98 Å². The number of carboxylic acid groups (broad SMARTS) is 1. The molecule has 6 nitrogen and oxygen atoms in total. The van der Waals surface area contributed by atoms with Gasteiger partial charge < -0.3 is 14.8 Å². The second-order valence-corrected chi connectivity index (χ2v) is 6.97. The molecule has 0 amide bonds. The number of nitrogens with zero attached hydrogens (tertiary/aromatic N) is 1. The van der Waals surface area contributed by atoms with Crippen LogP contribution >= 0.6 is 11.3 Å². The standard InChI is InChI=1S/C17H24N2O4S/c1-4-6-8-11(9-7-5-2)18-17-19-14-12(16(22)23-17)10(3)13(24-14)15(20)21/h11H,4-9H2,1-3H3,(H,18,19)(H,20,21). The second-order valence-electron chi connectivity index (χ2n) is 5.97. The van der Waals surface area contributed by atoms with Crippen LogP contribution in [0, 0.1) is 6.92 Å². The number of fused-ring (bicyclic) bond motifs is 1. The molecule has 0 atom stereocenters. The number of rotatable bonds is 9. The number of thiophene rings is 1. The van der Waals surface area contributed by atoms with Crippen molar-refractivity contribution in [2.75, 3.05) is 5.32 Å². The Balaban J connectivity index is 2.31. The van der Waals surface area contributed by atoms with E-state index in [0.717, 1.165) is 49.9 Å². The van der Waals surface area contributed by atoms with Gasteiger partial charge in [-0.3, -0.25) is 0 Å². The number of hydrogen-bond donors (Lipinski definition) is 2. The number of hydrogen-bond acceptors (Lipinski definition) is 6. The fourth-order valence-corrected chi connectivity index (χ4v) is 3.70. The third-order valence-corrected chi connectivity index (χ3v) is 5.23. The Bertz CT molecular complexity index is 758. The van der Waals surface area contributed by atoms with E-state index in [1.54, 1.807) is 6.92 Å². The van der Waals surface area contributed by atoms with Crippen molar-refractivity contribution in [3.05, 3.63) is 20.9 Å². The van der Waals surface area contributed by atoms with Crippen molar-refractivity contribution in [3.8, 4) is 0 Å². The van der Waals surface area contributed by atoms with E-state index in [-0.39, 0.29) is 22.3 Å². The maximum Gasteiger partial charge on any atom is 0.349 e. The maximum atomic E-state index is 12.2. The minimum Gasteiger partial charge on any atom is -0.477 e. The number of anilines is 1. The highest BCUT2D eigenvalue weighted by Crippen LogP contribution is 2.28. The van der Waals surface area contributed by atoms with E-state index in [1.165, 1.54) is 0 Å². The zero-order chi connectivity index (χ0) is 17.7. The average molecular weight is 352 g/mol. The number of nitrogens with one attached hydrogen (secondary N) is 1. The molecule has 2 aromatic heterocycles. The van der Waals surface area contributed by atoms with Crippen molar-refractivity contribution in [1.29, 1.82) is 0 Å². The van der Waals surface area contributed by atoms with Crippen molar-refractivity contribution in [2.24, 2.45) is 0 Å². The first-order chi connectivity index (χ1) is 11.5. The lowest BCUT2D eigenvalue weighted by molar-refractivity contribution is 0.0701. The summed E-state index contributed by atoms with van der Waals surface area (Å²) in [6.45, 7) is 5.89. The molecule has 0 saturated heterocycles. The number of aryl methyl sites for hydroxylation is 1. The summed E-state index contributed by atoms with van der Waals surface area (Å²) < 4.78 is 5.29. The van der Waals surface area contributed by atoms with Gasteiger partial charge >= 0.3 is 11.6 Å². The van der Waals surface area contributed by atoms with Gasteiger partial charge in [-0.2, -0.15) is 4.98 Å². The summed E-state index contributed by atoms with van der Waals surface area (Å²) in [5.74, 6) is -1.05. The molecule has 0 aromatic carbocycles.